The minimum atomic E-state index is -0.524. The van der Waals surface area contributed by atoms with Crippen LogP contribution in [0.1, 0.15) is 64.9 Å². The molecule has 1 aliphatic carbocycles. The van der Waals surface area contributed by atoms with Gasteiger partial charge in [-0.3, -0.25) is 0 Å². The molecule has 5 nitrogen and oxygen atoms in total. The van der Waals surface area contributed by atoms with Gasteiger partial charge in [-0.05, 0) is 64.4 Å². The number of aldehydes is 1. The van der Waals surface area contributed by atoms with Crippen LogP contribution in [-0.4, -0.2) is 42.1 Å². The Morgan fingerprint density at radius 1 is 1.14 bits per heavy atom. The zero-order valence-corrected chi connectivity index (χ0v) is 17.6. The number of hydrogen-bond donors (Lipinski definition) is 0. The molecule has 0 saturated heterocycles. The predicted molar refractivity (Wildman–Crippen MR) is 110 cm³/mol. The van der Waals surface area contributed by atoms with Crippen LogP contribution in [0.2, 0.25) is 0 Å². The largest absolute Gasteiger partial charge is 0.444 e. The number of carbonyl (C=O) groups is 2. The number of nitrogens with zero attached hydrogens (tertiary/aromatic N) is 1. The molecule has 0 aromatic heterocycles. The Morgan fingerprint density at radius 3 is 2.43 bits per heavy atom. The summed E-state index contributed by atoms with van der Waals surface area (Å²) in [5, 5.41) is 0. The van der Waals surface area contributed by atoms with Gasteiger partial charge in [0.25, 0.3) is 0 Å². The van der Waals surface area contributed by atoms with E-state index in [-0.39, 0.29) is 12.1 Å². The summed E-state index contributed by atoms with van der Waals surface area (Å²) in [4.78, 5) is 25.1. The van der Waals surface area contributed by atoms with E-state index in [0.717, 1.165) is 45.0 Å². The zero-order valence-electron chi connectivity index (χ0n) is 17.6. The van der Waals surface area contributed by atoms with Crippen molar-refractivity contribution in [2.45, 2.75) is 77.5 Å². The Kier molecular flexibility index (Phi) is 8.97. The van der Waals surface area contributed by atoms with Crippen molar-refractivity contribution in [3.8, 4) is 0 Å². The lowest BCUT2D eigenvalue weighted by atomic mass is 9.83. The van der Waals surface area contributed by atoms with Gasteiger partial charge in [-0.25, -0.2) is 4.79 Å². The Labute approximate surface area is 169 Å². The monoisotopic (exact) mass is 389 g/mol. The highest BCUT2D eigenvalue weighted by Gasteiger charge is 2.31. The van der Waals surface area contributed by atoms with Crippen LogP contribution in [0.25, 0.3) is 0 Å². The van der Waals surface area contributed by atoms with Crippen LogP contribution in [0.5, 0.6) is 0 Å². The Balaban J connectivity index is 1.74. The molecule has 0 spiro atoms. The molecule has 1 fully saturated rings. The van der Waals surface area contributed by atoms with Crippen LogP contribution in [0, 0.1) is 5.92 Å². The third kappa shape index (κ3) is 8.01. The fourth-order valence-corrected chi connectivity index (χ4v) is 3.69. The van der Waals surface area contributed by atoms with E-state index >= 15 is 0 Å². The van der Waals surface area contributed by atoms with Crippen molar-refractivity contribution in [1.82, 2.24) is 4.90 Å². The first-order valence-corrected chi connectivity index (χ1v) is 10.4. The normalized spacial score (nSPS) is 19.8. The molecule has 1 aliphatic rings. The minimum Gasteiger partial charge on any atom is -0.444 e. The fourth-order valence-electron chi connectivity index (χ4n) is 3.69. The van der Waals surface area contributed by atoms with Crippen LogP contribution in [0.4, 0.5) is 4.79 Å². The molecule has 0 heterocycles. The molecule has 28 heavy (non-hydrogen) atoms. The average Bonchev–Trinajstić information content (AvgIpc) is 2.66. The molecular weight excluding hydrogens is 354 g/mol. The number of amides is 1. The van der Waals surface area contributed by atoms with Crippen LogP contribution >= 0.6 is 0 Å². The molecule has 1 saturated carbocycles. The van der Waals surface area contributed by atoms with E-state index in [1.807, 2.05) is 39.0 Å². The lowest BCUT2D eigenvalue weighted by Gasteiger charge is -2.37. The van der Waals surface area contributed by atoms with Gasteiger partial charge in [-0.1, -0.05) is 30.3 Å². The third-order valence-electron chi connectivity index (χ3n) is 5.15. The van der Waals surface area contributed by atoms with Gasteiger partial charge in [0.15, 0.2) is 0 Å². The second-order valence-corrected chi connectivity index (χ2v) is 8.63. The number of rotatable bonds is 9. The van der Waals surface area contributed by atoms with Gasteiger partial charge < -0.3 is 19.2 Å². The number of hydrogen-bond acceptors (Lipinski definition) is 4. The van der Waals surface area contributed by atoms with Crippen LogP contribution in [0.15, 0.2) is 30.3 Å². The molecule has 1 amide bonds. The molecule has 0 aliphatic heterocycles. The number of carbonyl (C=O) groups excluding carboxylic acids is 2. The molecule has 156 valence electrons. The van der Waals surface area contributed by atoms with Crippen molar-refractivity contribution in [3.05, 3.63) is 35.9 Å². The number of benzene rings is 1. The van der Waals surface area contributed by atoms with Crippen LogP contribution in [0.3, 0.4) is 0 Å². The molecule has 1 aromatic carbocycles. The molecule has 0 N–H and O–H groups in total. The standard InChI is InChI=1S/C23H35NO4/c1-23(2,3)28-22(26)24(15-7-16-25)21-12-10-19(11-13-21)14-17-27-18-20-8-5-4-6-9-20/h4-6,8-9,16,19,21H,7,10-15,17-18H2,1-3H3/t19-,21-. The van der Waals surface area contributed by atoms with Gasteiger partial charge in [-0.15, -0.1) is 0 Å². The SMILES string of the molecule is CC(C)(C)OC(=O)N(CCC=O)[C@H]1CC[C@H](CCOCc2ccccc2)CC1. The summed E-state index contributed by atoms with van der Waals surface area (Å²) in [6, 6.07) is 10.4. The smallest absolute Gasteiger partial charge is 0.410 e. The summed E-state index contributed by atoms with van der Waals surface area (Å²) in [7, 11) is 0. The summed E-state index contributed by atoms with van der Waals surface area (Å²) < 4.78 is 11.4. The van der Waals surface area contributed by atoms with E-state index in [0.29, 0.717) is 25.5 Å². The summed E-state index contributed by atoms with van der Waals surface area (Å²) in [6.45, 7) is 7.48. The van der Waals surface area contributed by atoms with E-state index in [1.54, 1.807) is 4.90 Å². The maximum Gasteiger partial charge on any atom is 0.410 e. The maximum atomic E-state index is 12.6. The van der Waals surface area contributed by atoms with Crippen molar-refractivity contribution in [2.75, 3.05) is 13.2 Å². The molecule has 0 radical (unpaired) electrons. The lowest BCUT2D eigenvalue weighted by molar-refractivity contribution is -0.108. The first-order valence-electron chi connectivity index (χ1n) is 10.4. The first-order chi connectivity index (χ1) is 13.4. The van der Waals surface area contributed by atoms with Gasteiger partial charge in [0.1, 0.15) is 11.9 Å². The Bertz CT molecular complexity index is 588. The lowest BCUT2D eigenvalue weighted by Crippen LogP contribution is -2.45. The van der Waals surface area contributed by atoms with Crippen LogP contribution in [-0.2, 0) is 20.9 Å². The van der Waals surface area contributed by atoms with Gasteiger partial charge in [0.2, 0.25) is 0 Å². The second kappa shape index (κ2) is 11.2. The third-order valence-corrected chi connectivity index (χ3v) is 5.15. The Morgan fingerprint density at radius 2 is 1.82 bits per heavy atom. The van der Waals surface area contributed by atoms with E-state index in [1.165, 1.54) is 5.56 Å². The highest BCUT2D eigenvalue weighted by atomic mass is 16.6. The number of ether oxygens (including phenoxy) is 2. The predicted octanol–water partition coefficient (Wildman–Crippen LogP) is 4.98. The molecular formula is C23H35NO4. The summed E-state index contributed by atoms with van der Waals surface area (Å²) in [5.74, 6) is 0.638. The van der Waals surface area contributed by atoms with Crippen molar-refractivity contribution in [2.24, 2.45) is 5.92 Å². The zero-order chi connectivity index (χ0) is 20.4. The Hall–Kier alpha value is -1.88. The fraction of sp³-hybridized carbons (Fsp3) is 0.652. The molecule has 0 unspecified atom stereocenters. The average molecular weight is 390 g/mol. The van der Waals surface area contributed by atoms with E-state index in [9.17, 15) is 9.59 Å². The highest BCUT2D eigenvalue weighted by molar-refractivity contribution is 5.69. The quantitative estimate of drug-likeness (QED) is 0.442. The van der Waals surface area contributed by atoms with Gasteiger partial charge in [0, 0.05) is 25.6 Å². The summed E-state index contributed by atoms with van der Waals surface area (Å²) in [6.07, 6.45) is 6.06. The second-order valence-electron chi connectivity index (χ2n) is 8.63. The highest BCUT2D eigenvalue weighted by Crippen LogP contribution is 2.30. The van der Waals surface area contributed by atoms with E-state index in [2.05, 4.69) is 12.1 Å². The van der Waals surface area contributed by atoms with E-state index in [4.69, 9.17) is 9.47 Å². The van der Waals surface area contributed by atoms with E-state index < -0.39 is 5.60 Å². The van der Waals surface area contributed by atoms with Crippen molar-refractivity contribution < 1.29 is 19.1 Å². The minimum absolute atomic E-state index is 0.163. The molecule has 5 heteroatoms. The van der Waals surface area contributed by atoms with Crippen LogP contribution < -0.4 is 0 Å². The summed E-state index contributed by atoms with van der Waals surface area (Å²) in [5.41, 5.74) is 0.679. The van der Waals surface area contributed by atoms with Crippen molar-refractivity contribution in [1.29, 1.82) is 0 Å². The molecule has 0 atom stereocenters. The molecule has 1 aromatic rings. The van der Waals surface area contributed by atoms with Crippen molar-refractivity contribution >= 4 is 12.4 Å². The van der Waals surface area contributed by atoms with Gasteiger partial charge in [0.05, 0.1) is 6.61 Å². The summed E-state index contributed by atoms with van der Waals surface area (Å²) >= 11 is 0. The molecule has 0 bridgehead atoms. The van der Waals surface area contributed by atoms with Gasteiger partial charge >= 0.3 is 6.09 Å². The van der Waals surface area contributed by atoms with Crippen molar-refractivity contribution in [3.63, 3.8) is 0 Å². The molecule has 2 rings (SSSR count). The van der Waals surface area contributed by atoms with Gasteiger partial charge in [-0.2, -0.15) is 0 Å². The maximum absolute atomic E-state index is 12.6. The topological polar surface area (TPSA) is 55.8 Å². The first kappa shape index (κ1) is 22.4.